The summed E-state index contributed by atoms with van der Waals surface area (Å²) in [6.45, 7) is 7.26. The minimum atomic E-state index is -1.07. The zero-order valence-electron chi connectivity index (χ0n) is 24.5. The number of fused-ring (bicyclic) bond motifs is 4. The average Bonchev–Trinajstić information content (AvgIpc) is 2.93. The second-order valence-electron chi connectivity index (χ2n) is 12.1. The van der Waals surface area contributed by atoms with E-state index in [4.69, 9.17) is 18.9 Å². The van der Waals surface area contributed by atoms with Crippen LogP contribution in [0.25, 0.3) is 11.1 Å². The highest BCUT2D eigenvalue weighted by Gasteiger charge is 2.52. The zero-order chi connectivity index (χ0) is 30.4. The van der Waals surface area contributed by atoms with Gasteiger partial charge in [0.15, 0.2) is 17.3 Å². The van der Waals surface area contributed by atoms with Crippen LogP contribution in [0.1, 0.15) is 83.3 Å². The SMILES string of the molecule is COc1cc2c(c(O)c1-c1c(OC)cc3c(c1O)C(=O)C1C(C)OC(C)CC1C3O)C(=O)C1C(C)OC(C)CC1C2=O. The summed E-state index contributed by atoms with van der Waals surface area (Å²) in [5.41, 5.74) is -0.224. The first-order valence-corrected chi connectivity index (χ1v) is 14.4. The smallest absolute Gasteiger partial charge is 0.173 e. The van der Waals surface area contributed by atoms with Crippen LogP contribution in [0.3, 0.4) is 0 Å². The fourth-order valence-corrected chi connectivity index (χ4v) is 7.94. The zero-order valence-corrected chi connectivity index (χ0v) is 24.5. The van der Waals surface area contributed by atoms with Gasteiger partial charge in [-0.1, -0.05) is 0 Å². The highest BCUT2D eigenvalue weighted by Crippen LogP contribution is 2.57. The summed E-state index contributed by atoms with van der Waals surface area (Å²) in [6.07, 6.45) is -1.65. The number of phenols is 2. The van der Waals surface area contributed by atoms with Crippen LogP contribution in [0.5, 0.6) is 23.0 Å². The van der Waals surface area contributed by atoms with E-state index in [0.717, 1.165) is 0 Å². The molecule has 10 heteroatoms. The number of aliphatic hydroxyl groups excluding tert-OH is 1. The number of rotatable bonds is 3. The molecule has 0 bridgehead atoms. The number of hydrogen-bond acceptors (Lipinski definition) is 10. The van der Waals surface area contributed by atoms with Gasteiger partial charge >= 0.3 is 0 Å². The predicted molar refractivity (Wildman–Crippen MR) is 149 cm³/mol. The number of hydrogen-bond donors (Lipinski definition) is 3. The molecular formula is C32H36O10. The van der Waals surface area contributed by atoms with Crippen molar-refractivity contribution in [3.05, 3.63) is 34.4 Å². The summed E-state index contributed by atoms with van der Waals surface area (Å²) < 4.78 is 23.0. The van der Waals surface area contributed by atoms with E-state index in [0.29, 0.717) is 12.8 Å². The summed E-state index contributed by atoms with van der Waals surface area (Å²) in [6, 6.07) is 2.88. The van der Waals surface area contributed by atoms with Crippen LogP contribution in [0.4, 0.5) is 0 Å². The summed E-state index contributed by atoms with van der Waals surface area (Å²) in [4.78, 5) is 41.5. The van der Waals surface area contributed by atoms with E-state index in [1.54, 1.807) is 13.8 Å². The van der Waals surface area contributed by atoms with Crippen LogP contribution in [0.15, 0.2) is 12.1 Å². The number of ketones is 3. The van der Waals surface area contributed by atoms with Gasteiger partial charge in [0.25, 0.3) is 0 Å². The number of aromatic hydroxyl groups is 2. The standard InChI is InChI=1S/C32H36O10/c1-11-7-15-21(13(3)41-11)29(35)23-17(27(15)33)9-19(39-5)25(31(23)37)26-20(40-6)10-18-24(32(26)38)30(36)22-14(4)42-12(2)8-16(22)28(18)34/h9-16,21-22,27,33,37-38H,7-8H2,1-6H3. The normalized spacial score (nSPS) is 33.8. The van der Waals surface area contributed by atoms with Crippen molar-refractivity contribution in [2.45, 2.75) is 71.1 Å². The van der Waals surface area contributed by atoms with Crippen LogP contribution in [0.2, 0.25) is 0 Å². The van der Waals surface area contributed by atoms with Crippen LogP contribution in [-0.2, 0) is 9.47 Å². The number of phenolic OH excluding ortho intramolecular Hbond substituents is 2. The lowest BCUT2D eigenvalue weighted by Crippen LogP contribution is -2.49. The molecule has 10 nitrogen and oxygen atoms in total. The van der Waals surface area contributed by atoms with E-state index in [9.17, 15) is 29.7 Å². The third-order valence-electron chi connectivity index (χ3n) is 9.66. The molecule has 224 valence electrons. The molecule has 42 heavy (non-hydrogen) atoms. The van der Waals surface area contributed by atoms with Crippen molar-refractivity contribution in [2.24, 2.45) is 23.7 Å². The van der Waals surface area contributed by atoms with Crippen molar-refractivity contribution in [1.29, 1.82) is 0 Å². The van der Waals surface area contributed by atoms with Crippen LogP contribution in [-0.4, -0.2) is 71.3 Å². The molecule has 6 rings (SSSR count). The number of benzene rings is 2. The van der Waals surface area contributed by atoms with Gasteiger partial charge < -0.3 is 34.3 Å². The van der Waals surface area contributed by atoms with Gasteiger partial charge in [0.05, 0.1) is 78.8 Å². The maximum Gasteiger partial charge on any atom is 0.173 e. The molecule has 3 N–H and O–H groups in total. The monoisotopic (exact) mass is 580 g/mol. The van der Waals surface area contributed by atoms with E-state index in [-0.39, 0.29) is 62.9 Å². The van der Waals surface area contributed by atoms with Crippen molar-refractivity contribution >= 4 is 17.3 Å². The lowest BCUT2D eigenvalue weighted by Gasteiger charge is -2.44. The van der Waals surface area contributed by atoms with Gasteiger partial charge in [-0.3, -0.25) is 14.4 Å². The van der Waals surface area contributed by atoms with Gasteiger partial charge in [0.1, 0.15) is 23.0 Å². The van der Waals surface area contributed by atoms with Gasteiger partial charge in [0.2, 0.25) is 0 Å². The first kappa shape index (κ1) is 28.6. The van der Waals surface area contributed by atoms with Crippen molar-refractivity contribution in [3.8, 4) is 34.1 Å². The molecule has 9 unspecified atom stereocenters. The fourth-order valence-electron chi connectivity index (χ4n) is 7.94. The number of ether oxygens (including phenoxy) is 4. The topological polar surface area (TPSA) is 149 Å². The van der Waals surface area contributed by atoms with E-state index in [1.807, 2.05) is 13.8 Å². The molecular weight excluding hydrogens is 544 g/mol. The van der Waals surface area contributed by atoms with Crippen molar-refractivity contribution in [1.82, 2.24) is 0 Å². The van der Waals surface area contributed by atoms with Crippen molar-refractivity contribution in [3.63, 3.8) is 0 Å². The van der Waals surface area contributed by atoms with Gasteiger partial charge in [-0.15, -0.1) is 0 Å². The largest absolute Gasteiger partial charge is 0.506 e. The molecule has 0 amide bonds. The van der Waals surface area contributed by atoms with Gasteiger partial charge in [0, 0.05) is 17.4 Å². The van der Waals surface area contributed by atoms with E-state index < -0.39 is 65.0 Å². The number of methoxy groups -OCH3 is 2. The Morgan fingerprint density at radius 1 is 0.714 bits per heavy atom. The Morgan fingerprint density at radius 2 is 1.24 bits per heavy atom. The molecule has 0 radical (unpaired) electrons. The molecule has 9 atom stereocenters. The second kappa shape index (κ2) is 10.1. The van der Waals surface area contributed by atoms with Crippen LogP contribution >= 0.6 is 0 Å². The maximum absolute atomic E-state index is 13.9. The Balaban J connectivity index is 1.58. The fraction of sp³-hybridized carbons (Fsp3) is 0.531. The lowest BCUT2D eigenvalue weighted by atomic mass is 9.66. The molecule has 4 aliphatic rings. The molecule has 0 aromatic heterocycles. The van der Waals surface area contributed by atoms with E-state index in [1.165, 1.54) is 26.4 Å². The summed E-state index contributed by atoms with van der Waals surface area (Å²) in [7, 11) is 2.69. The number of carbonyl (C=O) groups is 3. The van der Waals surface area contributed by atoms with E-state index >= 15 is 0 Å². The number of Topliss-reactive ketones (excluding diaryl/α,β-unsaturated/α-hetero) is 3. The Kier molecular flexibility index (Phi) is 6.87. The van der Waals surface area contributed by atoms with E-state index in [2.05, 4.69) is 0 Å². The van der Waals surface area contributed by atoms with Gasteiger partial charge in [-0.25, -0.2) is 0 Å². The molecule has 0 saturated carbocycles. The molecule has 2 aliphatic carbocycles. The lowest BCUT2D eigenvalue weighted by molar-refractivity contribution is -0.110. The quantitative estimate of drug-likeness (QED) is 0.481. The molecule has 2 aromatic rings. The third kappa shape index (κ3) is 3.92. The number of carbonyl (C=O) groups excluding carboxylic acids is 3. The highest BCUT2D eigenvalue weighted by molar-refractivity contribution is 6.19. The third-order valence-corrected chi connectivity index (χ3v) is 9.66. The maximum atomic E-state index is 13.9. The summed E-state index contributed by atoms with van der Waals surface area (Å²) in [5, 5.41) is 34.9. The first-order chi connectivity index (χ1) is 19.9. The first-order valence-electron chi connectivity index (χ1n) is 14.4. The molecule has 2 heterocycles. The van der Waals surface area contributed by atoms with Crippen molar-refractivity contribution < 1.29 is 48.7 Å². The number of aliphatic hydroxyl groups is 1. The Bertz CT molecular complexity index is 1510. The van der Waals surface area contributed by atoms with Crippen LogP contribution in [0, 0.1) is 23.7 Å². The summed E-state index contributed by atoms with van der Waals surface area (Å²) >= 11 is 0. The minimum Gasteiger partial charge on any atom is -0.506 e. The minimum absolute atomic E-state index is 0.0115. The average molecular weight is 581 g/mol. The molecule has 2 fully saturated rings. The second-order valence-corrected chi connectivity index (χ2v) is 12.1. The Hall–Kier alpha value is -3.47. The molecule has 2 aromatic carbocycles. The van der Waals surface area contributed by atoms with Gasteiger partial charge in [-0.05, 0) is 58.2 Å². The van der Waals surface area contributed by atoms with Crippen LogP contribution < -0.4 is 9.47 Å². The van der Waals surface area contributed by atoms with Gasteiger partial charge in [-0.2, -0.15) is 0 Å². The molecule has 0 spiro atoms. The van der Waals surface area contributed by atoms with Crippen molar-refractivity contribution in [2.75, 3.05) is 14.2 Å². The molecule has 2 saturated heterocycles. The molecule has 2 aliphatic heterocycles. The summed E-state index contributed by atoms with van der Waals surface area (Å²) in [5.74, 6) is -4.64. The Morgan fingerprint density at radius 3 is 1.86 bits per heavy atom. The predicted octanol–water partition coefficient (Wildman–Crippen LogP) is 4.25. The highest BCUT2D eigenvalue weighted by atomic mass is 16.5. The Labute approximate surface area is 243 Å².